The number of amides is 1. The van der Waals surface area contributed by atoms with Crippen molar-refractivity contribution in [2.24, 2.45) is 11.1 Å². The van der Waals surface area contributed by atoms with Crippen molar-refractivity contribution >= 4 is 23.4 Å². The fraction of sp³-hybridized carbons (Fsp3) is 0.562. The molecule has 0 aliphatic heterocycles. The van der Waals surface area contributed by atoms with Crippen molar-refractivity contribution in [3.63, 3.8) is 0 Å². The molecule has 20 heavy (non-hydrogen) atoms. The molecule has 0 saturated carbocycles. The SMILES string of the molecule is CCSc1ccccc1NC(=O)CC(N)CC(C)(C)C. The van der Waals surface area contributed by atoms with Crippen molar-refractivity contribution in [1.82, 2.24) is 0 Å². The summed E-state index contributed by atoms with van der Waals surface area (Å²) < 4.78 is 0. The highest BCUT2D eigenvalue weighted by Gasteiger charge is 2.18. The van der Waals surface area contributed by atoms with E-state index >= 15 is 0 Å². The first-order valence-electron chi connectivity index (χ1n) is 7.09. The molecule has 0 aliphatic carbocycles. The minimum atomic E-state index is -0.0963. The number of thioether (sulfide) groups is 1. The second-order valence-electron chi connectivity index (χ2n) is 6.21. The lowest BCUT2D eigenvalue weighted by Crippen LogP contribution is -2.31. The van der Waals surface area contributed by atoms with Gasteiger partial charge in [0.2, 0.25) is 5.91 Å². The first kappa shape index (κ1) is 17.1. The van der Waals surface area contributed by atoms with Gasteiger partial charge in [-0.3, -0.25) is 4.79 Å². The van der Waals surface area contributed by atoms with Gasteiger partial charge in [-0.05, 0) is 29.7 Å². The van der Waals surface area contributed by atoms with Crippen molar-refractivity contribution in [1.29, 1.82) is 0 Å². The Morgan fingerprint density at radius 1 is 1.35 bits per heavy atom. The van der Waals surface area contributed by atoms with Crippen LogP contribution in [-0.4, -0.2) is 17.7 Å². The summed E-state index contributed by atoms with van der Waals surface area (Å²) in [5.74, 6) is 0.974. The summed E-state index contributed by atoms with van der Waals surface area (Å²) in [7, 11) is 0. The molecule has 1 atom stereocenters. The molecular formula is C16H26N2OS. The van der Waals surface area contributed by atoms with E-state index < -0.39 is 0 Å². The summed E-state index contributed by atoms with van der Waals surface area (Å²) in [6.45, 7) is 8.51. The van der Waals surface area contributed by atoms with Gasteiger partial charge in [0.1, 0.15) is 0 Å². The van der Waals surface area contributed by atoms with Crippen molar-refractivity contribution in [2.45, 2.75) is 51.5 Å². The number of carbonyl (C=O) groups is 1. The van der Waals surface area contributed by atoms with E-state index in [1.54, 1.807) is 11.8 Å². The molecule has 1 rings (SSSR count). The predicted octanol–water partition coefficient (Wildman–Crippen LogP) is 3.89. The van der Waals surface area contributed by atoms with Gasteiger partial charge in [0, 0.05) is 17.4 Å². The van der Waals surface area contributed by atoms with Crippen LogP contribution in [0.25, 0.3) is 0 Å². The molecule has 0 fully saturated rings. The lowest BCUT2D eigenvalue weighted by molar-refractivity contribution is -0.116. The van der Waals surface area contributed by atoms with Crippen LogP contribution in [0.2, 0.25) is 0 Å². The summed E-state index contributed by atoms with van der Waals surface area (Å²) in [5.41, 5.74) is 7.08. The highest BCUT2D eigenvalue weighted by molar-refractivity contribution is 7.99. The minimum Gasteiger partial charge on any atom is -0.327 e. The Balaban J connectivity index is 2.58. The number of para-hydroxylation sites is 1. The summed E-state index contributed by atoms with van der Waals surface area (Å²) in [6.07, 6.45) is 1.20. The number of nitrogens with one attached hydrogen (secondary N) is 1. The molecule has 1 aromatic rings. The molecule has 0 bridgehead atoms. The molecule has 0 spiro atoms. The van der Waals surface area contributed by atoms with Gasteiger partial charge in [-0.2, -0.15) is 0 Å². The molecule has 1 amide bonds. The number of hydrogen-bond acceptors (Lipinski definition) is 3. The van der Waals surface area contributed by atoms with Gasteiger partial charge in [-0.25, -0.2) is 0 Å². The Bertz CT molecular complexity index is 440. The molecule has 4 heteroatoms. The number of benzene rings is 1. The molecule has 1 aromatic carbocycles. The zero-order chi connectivity index (χ0) is 15.2. The predicted molar refractivity (Wildman–Crippen MR) is 88.1 cm³/mol. The van der Waals surface area contributed by atoms with Crippen LogP contribution in [0.5, 0.6) is 0 Å². The zero-order valence-electron chi connectivity index (χ0n) is 12.9. The number of nitrogens with two attached hydrogens (primary N) is 1. The van der Waals surface area contributed by atoms with E-state index in [2.05, 4.69) is 33.0 Å². The monoisotopic (exact) mass is 294 g/mol. The van der Waals surface area contributed by atoms with Gasteiger partial charge in [0.25, 0.3) is 0 Å². The van der Waals surface area contributed by atoms with Crippen LogP contribution in [0.3, 0.4) is 0 Å². The van der Waals surface area contributed by atoms with Crippen molar-refractivity contribution in [3.8, 4) is 0 Å². The first-order valence-corrected chi connectivity index (χ1v) is 8.07. The Hall–Kier alpha value is -1.00. The second kappa shape index (κ2) is 7.70. The average Bonchev–Trinajstić information content (AvgIpc) is 2.29. The Morgan fingerprint density at radius 2 is 2.00 bits per heavy atom. The van der Waals surface area contributed by atoms with Crippen LogP contribution in [-0.2, 0) is 4.79 Å². The maximum absolute atomic E-state index is 12.1. The molecule has 0 heterocycles. The Kier molecular flexibility index (Phi) is 6.56. The summed E-state index contributed by atoms with van der Waals surface area (Å²) in [4.78, 5) is 13.2. The quantitative estimate of drug-likeness (QED) is 0.783. The van der Waals surface area contributed by atoms with Crippen molar-refractivity contribution < 1.29 is 4.79 Å². The molecule has 0 radical (unpaired) electrons. The molecule has 112 valence electrons. The second-order valence-corrected chi connectivity index (χ2v) is 7.51. The van der Waals surface area contributed by atoms with Gasteiger partial charge in [0.05, 0.1) is 5.69 Å². The zero-order valence-corrected chi connectivity index (χ0v) is 13.7. The largest absolute Gasteiger partial charge is 0.327 e. The number of carbonyl (C=O) groups excluding carboxylic acids is 1. The van der Waals surface area contributed by atoms with E-state index in [4.69, 9.17) is 5.73 Å². The van der Waals surface area contributed by atoms with Gasteiger partial charge >= 0.3 is 0 Å². The van der Waals surface area contributed by atoms with E-state index in [1.807, 2.05) is 24.3 Å². The highest BCUT2D eigenvalue weighted by Crippen LogP contribution is 2.27. The summed E-state index contributed by atoms with van der Waals surface area (Å²) in [6, 6.07) is 7.79. The van der Waals surface area contributed by atoms with E-state index in [0.29, 0.717) is 6.42 Å². The Morgan fingerprint density at radius 3 is 2.60 bits per heavy atom. The highest BCUT2D eigenvalue weighted by atomic mass is 32.2. The van der Waals surface area contributed by atoms with Crippen LogP contribution >= 0.6 is 11.8 Å². The van der Waals surface area contributed by atoms with E-state index in [0.717, 1.165) is 22.8 Å². The third-order valence-electron chi connectivity index (χ3n) is 2.78. The Labute approximate surface area is 126 Å². The third-order valence-corrected chi connectivity index (χ3v) is 3.74. The fourth-order valence-corrected chi connectivity index (χ4v) is 2.91. The fourth-order valence-electron chi connectivity index (χ4n) is 2.15. The maximum Gasteiger partial charge on any atom is 0.225 e. The molecule has 1 unspecified atom stereocenters. The van der Waals surface area contributed by atoms with E-state index in [1.165, 1.54) is 0 Å². The number of hydrogen-bond donors (Lipinski definition) is 2. The lowest BCUT2D eigenvalue weighted by Gasteiger charge is -2.22. The van der Waals surface area contributed by atoms with E-state index in [-0.39, 0.29) is 17.4 Å². The van der Waals surface area contributed by atoms with Crippen LogP contribution in [0.15, 0.2) is 29.2 Å². The van der Waals surface area contributed by atoms with Gasteiger partial charge in [-0.15, -0.1) is 11.8 Å². The number of rotatable bonds is 6. The molecule has 0 saturated heterocycles. The summed E-state index contributed by atoms with van der Waals surface area (Å²) in [5, 5.41) is 2.97. The smallest absolute Gasteiger partial charge is 0.225 e. The molecular weight excluding hydrogens is 268 g/mol. The lowest BCUT2D eigenvalue weighted by atomic mass is 9.87. The molecule has 3 N–H and O–H groups in total. The third kappa shape index (κ3) is 6.44. The van der Waals surface area contributed by atoms with Crippen LogP contribution < -0.4 is 11.1 Å². The van der Waals surface area contributed by atoms with Crippen LogP contribution in [0, 0.1) is 5.41 Å². The van der Waals surface area contributed by atoms with Gasteiger partial charge in [-0.1, -0.05) is 39.8 Å². The van der Waals surface area contributed by atoms with Gasteiger partial charge < -0.3 is 11.1 Å². The minimum absolute atomic E-state index is 0.00842. The molecule has 3 nitrogen and oxygen atoms in total. The molecule has 0 aliphatic rings. The summed E-state index contributed by atoms with van der Waals surface area (Å²) >= 11 is 1.73. The maximum atomic E-state index is 12.1. The van der Waals surface area contributed by atoms with E-state index in [9.17, 15) is 4.79 Å². The molecule has 0 aromatic heterocycles. The number of anilines is 1. The topological polar surface area (TPSA) is 55.1 Å². The first-order chi connectivity index (χ1) is 9.31. The normalized spacial score (nSPS) is 13.1. The van der Waals surface area contributed by atoms with Crippen LogP contribution in [0.4, 0.5) is 5.69 Å². The van der Waals surface area contributed by atoms with Crippen molar-refractivity contribution in [2.75, 3.05) is 11.1 Å². The van der Waals surface area contributed by atoms with Crippen LogP contribution in [0.1, 0.15) is 40.5 Å². The van der Waals surface area contributed by atoms with Gasteiger partial charge in [0.15, 0.2) is 0 Å². The van der Waals surface area contributed by atoms with Crippen molar-refractivity contribution in [3.05, 3.63) is 24.3 Å². The standard InChI is InChI=1S/C16H26N2OS/c1-5-20-14-9-7-6-8-13(14)18-15(19)10-12(17)11-16(2,3)4/h6-9,12H,5,10-11,17H2,1-4H3,(H,18,19). The average molecular weight is 294 g/mol.